The highest BCUT2D eigenvalue weighted by Gasteiger charge is 2.21. The van der Waals surface area contributed by atoms with Crippen LogP contribution < -0.4 is 0 Å². The molecule has 0 aromatic carbocycles. The number of hydrogen-bond donors (Lipinski definition) is 2. The van der Waals surface area contributed by atoms with Crippen LogP contribution in [0.2, 0.25) is 0 Å². The van der Waals surface area contributed by atoms with E-state index in [1.807, 2.05) is 0 Å². The summed E-state index contributed by atoms with van der Waals surface area (Å²) >= 11 is 0. The van der Waals surface area contributed by atoms with Gasteiger partial charge in [0, 0.05) is 38.8 Å². The Labute approximate surface area is 92.5 Å². The zero-order valence-electron chi connectivity index (χ0n) is 9.89. The lowest BCUT2D eigenvalue weighted by atomic mass is 10.2. The van der Waals surface area contributed by atoms with Gasteiger partial charge in [0.2, 0.25) is 0 Å². The van der Waals surface area contributed by atoms with E-state index >= 15 is 0 Å². The van der Waals surface area contributed by atoms with Gasteiger partial charge in [-0.1, -0.05) is 6.92 Å². The molecule has 0 aliphatic carbocycles. The van der Waals surface area contributed by atoms with Crippen molar-refractivity contribution in [2.45, 2.75) is 32.4 Å². The van der Waals surface area contributed by atoms with Crippen molar-refractivity contribution in [2.24, 2.45) is 0 Å². The molecule has 0 saturated carbocycles. The fourth-order valence-electron chi connectivity index (χ4n) is 2.00. The lowest BCUT2D eigenvalue weighted by Crippen LogP contribution is -2.51. The quantitative estimate of drug-likeness (QED) is 0.665. The molecule has 4 nitrogen and oxygen atoms in total. The van der Waals surface area contributed by atoms with Crippen molar-refractivity contribution < 1.29 is 10.2 Å². The van der Waals surface area contributed by atoms with Crippen LogP contribution in [0.4, 0.5) is 0 Å². The number of nitrogens with zero attached hydrogens (tertiary/aromatic N) is 2. The van der Waals surface area contributed by atoms with Crippen LogP contribution in [0.25, 0.3) is 0 Å². The third-order valence-electron chi connectivity index (χ3n) is 3.30. The van der Waals surface area contributed by atoms with E-state index in [0.29, 0.717) is 12.6 Å². The van der Waals surface area contributed by atoms with Gasteiger partial charge < -0.3 is 10.2 Å². The van der Waals surface area contributed by atoms with Crippen LogP contribution in [0, 0.1) is 0 Å². The highest BCUT2D eigenvalue weighted by molar-refractivity contribution is 4.76. The summed E-state index contributed by atoms with van der Waals surface area (Å²) in [6.07, 6.45) is 0.611. The molecule has 1 heterocycles. The van der Waals surface area contributed by atoms with Gasteiger partial charge in [0.25, 0.3) is 0 Å². The number of piperazine rings is 1. The topological polar surface area (TPSA) is 46.9 Å². The Morgan fingerprint density at radius 1 is 1.20 bits per heavy atom. The first-order valence-corrected chi connectivity index (χ1v) is 5.92. The van der Waals surface area contributed by atoms with Gasteiger partial charge in [-0.25, -0.2) is 0 Å². The maximum Gasteiger partial charge on any atom is 0.0897 e. The lowest BCUT2D eigenvalue weighted by Gasteiger charge is -2.38. The molecule has 15 heavy (non-hydrogen) atoms. The van der Waals surface area contributed by atoms with Gasteiger partial charge in [0.1, 0.15) is 0 Å². The lowest BCUT2D eigenvalue weighted by molar-refractivity contribution is 0.0323. The summed E-state index contributed by atoms with van der Waals surface area (Å²) in [6.45, 7) is 9.10. The molecule has 1 aliphatic heterocycles. The number of β-amino-alcohol motifs (C(OH)–C–C–N with tert-alkyl or cyclic N) is 1. The first-order valence-electron chi connectivity index (χ1n) is 5.92. The second kappa shape index (κ2) is 6.43. The molecular formula is C11H24N2O2. The number of aliphatic hydroxyl groups is 2. The summed E-state index contributed by atoms with van der Waals surface area (Å²) in [4.78, 5) is 4.71. The molecule has 0 aromatic heterocycles. The highest BCUT2D eigenvalue weighted by Crippen LogP contribution is 2.08. The van der Waals surface area contributed by atoms with Gasteiger partial charge in [-0.3, -0.25) is 9.80 Å². The number of aliphatic hydroxyl groups excluding tert-OH is 2. The van der Waals surface area contributed by atoms with Crippen LogP contribution >= 0.6 is 0 Å². The molecule has 1 aliphatic rings. The molecule has 1 saturated heterocycles. The molecule has 0 amide bonds. The average Bonchev–Trinajstić information content (AvgIpc) is 2.29. The summed E-state index contributed by atoms with van der Waals surface area (Å²) in [6, 6.07) is 0.662. The van der Waals surface area contributed by atoms with Crippen LogP contribution in [0.3, 0.4) is 0 Å². The first kappa shape index (κ1) is 12.9. The zero-order valence-corrected chi connectivity index (χ0v) is 9.89. The third-order valence-corrected chi connectivity index (χ3v) is 3.30. The Bertz CT molecular complexity index is 170. The SMILES string of the molecule is CCC(C)N1CCN(CC(O)CO)CC1. The summed E-state index contributed by atoms with van der Waals surface area (Å²) in [7, 11) is 0. The maximum atomic E-state index is 9.33. The van der Waals surface area contributed by atoms with Crippen LogP contribution in [0.5, 0.6) is 0 Å². The van der Waals surface area contributed by atoms with Crippen molar-refractivity contribution in [3.05, 3.63) is 0 Å². The minimum Gasteiger partial charge on any atom is -0.394 e. The standard InChI is InChI=1S/C11H24N2O2/c1-3-10(2)13-6-4-12(5-7-13)8-11(15)9-14/h10-11,14-15H,3-9H2,1-2H3. The van der Waals surface area contributed by atoms with Crippen molar-refractivity contribution in [2.75, 3.05) is 39.3 Å². The van der Waals surface area contributed by atoms with E-state index in [-0.39, 0.29) is 6.61 Å². The van der Waals surface area contributed by atoms with E-state index in [1.54, 1.807) is 0 Å². The molecule has 0 bridgehead atoms. The minimum atomic E-state index is -0.583. The Morgan fingerprint density at radius 2 is 1.80 bits per heavy atom. The van der Waals surface area contributed by atoms with E-state index in [1.165, 1.54) is 6.42 Å². The van der Waals surface area contributed by atoms with Crippen molar-refractivity contribution in [3.8, 4) is 0 Å². The van der Waals surface area contributed by atoms with Crippen molar-refractivity contribution in [3.63, 3.8) is 0 Å². The van der Waals surface area contributed by atoms with Crippen LogP contribution in [0.15, 0.2) is 0 Å². The summed E-state index contributed by atoms with van der Waals surface area (Å²) in [5.41, 5.74) is 0. The monoisotopic (exact) mass is 216 g/mol. The predicted molar refractivity (Wildman–Crippen MR) is 60.9 cm³/mol. The van der Waals surface area contributed by atoms with Gasteiger partial charge in [-0.2, -0.15) is 0 Å². The molecule has 4 heteroatoms. The number of rotatable bonds is 5. The highest BCUT2D eigenvalue weighted by atomic mass is 16.3. The van der Waals surface area contributed by atoms with E-state index < -0.39 is 6.10 Å². The fraction of sp³-hybridized carbons (Fsp3) is 1.00. The van der Waals surface area contributed by atoms with Crippen molar-refractivity contribution in [1.29, 1.82) is 0 Å². The van der Waals surface area contributed by atoms with Crippen LogP contribution in [-0.2, 0) is 0 Å². The summed E-state index contributed by atoms with van der Waals surface area (Å²) in [5, 5.41) is 18.1. The van der Waals surface area contributed by atoms with Gasteiger partial charge in [0.15, 0.2) is 0 Å². The first-order chi connectivity index (χ1) is 7.17. The Hall–Kier alpha value is -0.160. The molecule has 1 rings (SSSR count). The van der Waals surface area contributed by atoms with Crippen molar-refractivity contribution >= 4 is 0 Å². The van der Waals surface area contributed by atoms with Crippen LogP contribution in [0.1, 0.15) is 20.3 Å². The van der Waals surface area contributed by atoms with Gasteiger partial charge in [-0.05, 0) is 13.3 Å². The van der Waals surface area contributed by atoms with E-state index in [2.05, 4.69) is 23.6 Å². The van der Waals surface area contributed by atoms with E-state index in [4.69, 9.17) is 5.11 Å². The largest absolute Gasteiger partial charge is 0.394 e. The number of hydrogen-bond acceptors (Lipinski definition) is 4. The molecular weight excluding hydrogens is 192 g/mol. The molecule has 2 N–H and O–H groups in total. The normalized spacial score (nSPS) is 24.0. The molecule has 90 valence electrons. The second-order valence-corrected chi connectivity index (χ2v) is 4.43. The second-order valence-electron chi connectivity index (χ2n) is 4.43. The predicted octanol–water partition coefficient (Wildman–Crippen LogP) is -0.244. The minimum absolute atomic E-state index is 0.133. The molecule has 2 atom stereocenters. The molecule has 2 unspecified atom stereocenters. The Balaban J connectivity index is 2.23. The smallest absolute Gasteiger partial charge is 0.0897 e. The Kier molecular flexibility index (Phi) is 5.53. The molecule has 0 aromatic rings. The van der Waals surface area contributed by atoms with E-state index in [0.717, 1.165) is 26.2 Å². The maximum absolute atomic E-state index is 9.33. The third kappa shape index (κ3) is 4.07. The van der Waals surface area contributed by atoms with Gasteiger partial charge in [0.05, 0.1) is 12.7 Å². The summed E-state index contributed by atoms with van der Waals surface area (Å²) in [5.74, 6) is 0. The van der Waals surface area contributed by atoms with Gasteiger partial charge >= 0.3 is 0 Å². The van der Waals surface area contributed by atoms with Crippen LogP contribution in [-0.4, -0.2) is 71.5 Å². The molecule has 0 radical (unpaired) electrons. The Morgan fingerprint density at radius 3 is 2.27 bits per heavy atom. The van der Waals surface area contributed by atoms with Crippen molar-refractivity contribution in [1.82, 2.24) is 9.80 Å². The summed E-state index contributed by atoms with van der Waals surface area (Å²) < 4.78 is 0. The molecule has 0 spiro atoms. The van der Waals surface area contributed by atoms with E-state index in [9.17, 15) is 5.11 Å². The average molecular weight is 216 g/mol. The molecule has 1 fully saturated rings. The fourth-order valence-corrected chi connectivity index (χ4v) is 2.00. The van der Waals surface area contributed by atoms with Gasteiger partial charge in [-0.15, -0.1) is 0 Å². The zero-order chi connectivity index (χ0) is 11.3.